The maximum Gasteiger partial charge on any atom is 0.406 e. The first-order chi connectivity index (χ1) is 9.74. The number of nitrogens with one attached hydrogen (secondary N) is 1. The van der Waals surface area contributed by atoms with Crippen LogP contribution in [0.5, 0.6) is 0 Å². The summed E-state index contributed by atoms with van der Waals surface area (Å²) in [6, 6.07) is 4.53. The van der Waals surface area contributed by atoms with Crippen molar-refractivity contribution < 1.29 is 27.9 Å². The number of aromatic carboxylic acids is 1. The third-order valence-corrected chi connectivity index (χ3v) is 2.55. The monoisotopic (exact) mass is 304 g/mol. The smallest absolute Gasteiger partial charge is 0.406 e. The molecule has 5 nitrogen and oxygen atoms in total. The molecule has 8 heteroatoms. The number of nitrogens with zero attached hydrogens (tertiary/aromatic N) is 1. The van der Waals surface area contributed by atoms with E-state index in [9.17, 15) is 22.8 Å². The quantitative estimate of drug-likeness (QED) is 0.877. The number of benzene rings is 1. The zero-order chi connectivity index (χ0) is 16.0. The van der Waals surface area contributed by atoms with Crippen LogP contribution in [0.25, 0.3) is 0 Å². The summed E-state index contributed by atoms with van der Waals surface area (Å²) in [6.45, 7) is 0.171. The van der Waals surface area contributed by atoms with Gasteiger partial charge in [-0.1, -0.05) is 19.1 Å². The van der Waals surface area contributed by atoms with Gasteiger partial charge in [0.05, 0.1) is 11.3 Å². The summed E-state index contributed by atoms with van der Waals surface area (Å²) < 4.78 is 37.3. The molecule has 0 bridgehead atoms. The number of hydrogen-bond acceptors (Lipinski definition) is 2. The van der Waals surface area contributed by atoms with Crippen molar-refractivity contribution in [3.05, 3.63) is 29.8 Å². The summed E-state index contributed by atoms with van der Waals surface area (Å²) in [5, 5.41) is 11.2. The van der Waals surface area contributed by atoms with E-state index in [1.165, 1.54) is 24.3 Å². The Bertz CT molecular complexity index is 518. The van der Waals surface area contributed by atoms with Gasteiger partial charge in [-0.15, -0.1) is 0 Å². The van der Waals surface area contributed by atoms with Crippen LogP contribution in [0.4, 0.5) is 23.7 Å². The highest BCUT2D eigenvalue weighted by Gasteiger charge is 2.32. The molecular formula is C13H15F3N2O3. The van der Waals surface area contributed by atoms with Crippen LogP contribution in [-0.4, -0.2) is 41.3 Å². The number of carbonyl (C=O) groups is 2. The van der Waals surface area contributed by atoms with Crippen molar-refractivity contribution >= 4 is 17.7 Å². The van der Waals surface area contributed by atoms with Gasteiger partial charge in [-0.3, -0.25) is 0 Å². The molecule has 0 atom stereocenters. The minimum atomic E-state index is -4.52. The predicted octanol–water partition coefficient (Wildman–Crippen LogP) is 3.19. The number of rotatable bonds is 5. The van der Waals surface area contributed by atoms with Crippen LogP contribution in [0, 0.1) is 0 Å². The van der Waals surface area contributed by atoms with Gasteiger partial charge < -0.3 is 15.3 Å². The van der Waals surface area contributed by atoms with E-state index < -0.39 is 24.7 Å². The summed E-state index contributed by atoms with van der Waals surface area (Å²) in [5.41, 5.74) is -0.229. The number of halogens is 3. The van der Waals surface area contributed by atoms with Crippen LogP contribution in [0.1, 0.15) is 23.7 Å². The Balaban J connectivity index is 2.89. The SMILES string of the molecule is CCCN(CC(F)(F)F)C(=O)Nc1ccccc1C(=O)O. The lowest BCUT2D eigenvalue weighted by atomic mass is 10.2. The second-order valence-electron chi connectivity index (χ2n) is 4.32. The molecule has 0 radical (unpaired) electrons. The van der Waals surface area contributed by atoms with E-state index in [-0.39, 0.29) is 17.8 Å². The second-order valence-corrected chi connectivity index (χ2v) is 4.32. The van der Waals surface area contributed by atoms with Crippen molar-refractivity contribution in [2.75, 3.05) is 18.4 Å². The normalized spacial score (nSPS) is 11.0. The molecule has 2 amide bonds. The van der Waals surface area contributed by atoms with E-state index in [0.29, 0.717) is 11.3 Å². The van der Waals surface area contributed by atoms with E-state index in [1.807, 2.05) is 0 Å². The molecule has 0 unspecified atom stereocenters. The molecule has 0 fully saturated rings. The highest BCUT2D eigenvalue weighted by atomic mass is 19.4. The summed E-state index contributed by atoms with van der Waals surface area (Å²) >= 11 is 0. The number of carboxylic acids is 1. The molecule has 0 saturated heterocycles. The van der Waals surface area contributed by atoms with Gasteiger partial charge in [-0.2, -0.15) is 13.2 Å². The van der Waals surface area contributed by atoms with Gasteiger partial charge >= 0.3 is 18.2 Å². The van der Waals surface area contributed by atoms with Crippen LogP contribution in [0.15, 0.2) is 24.3 Å². The molecule has 2 N–H and O–H groups in total. The lowest BCUT2D eigenvalue weighted by molar-refractivity contribution is -0.139. The molecule has 0 heterocycles. The first-order valence-corrected chi connectivity index (χ1v) is 6.19. The standard InChI is InChI=1S/C13H15F3N2O3/c1-2-7-18(8-13(14,15)16)12(21)17-10-6-4-3-5-9(10)11(19)20/h3-6H,2,7-8H2,1H3,(H,17,21)(H,19,20). The number of carbonyl (C=O) groups excluding carboxylic acids is 1. The first-order valence-electron chi connectivity index (χ1n) is 6.19. The van der Waals surface area contributed by atoms with Gasteiger partial charge in [0, 0.05) is 6.54 Å². The molecule has 0 aromatic heterocycles. The fraction of sp³-hybridized carbons (Fsp3) is 0.385. The van der Waals surface area contributed by atoms with Crippen molar-refractivity contribution in [3.63, 3.8) is 0 Å². The topological polar surface area (TPSA) is 69.6 Å². The molecule has 0 aliphatic heterocycles. The Morgan fingerprint density at radius 1 is 1.29 bits per heavy atom. The molecule has 0 spiro atoms. The lowest BCUT2D eigenvalue weighted by Crippen LogP contribution is -2.42. The van der Waals surface area contributed by atoms with Crippen LogP contribution >= 0.6 is 0 Å². The van der Waals surface area contributed by atoms with Crippen LogP contribution in [0.3, 0.4) is 0 Å². The number of amides is 2. The van der Waals surface area contributed by atoms with Gasteiger partial charge in [0.1, 0.15) is 6.54 Å². The summed E-state index contributed by atoms with van der Waals surface area (Å²) in [6.07, 6.45) is -4.16. The molecule has 1 aromatic rings. The Hall–Kier alpha value is -2.25. The summed E-state index contributed by atoms with van der Waals surface area (Å²) in [5.74, 6) is -1.27. The predicted molar refractivity (Wildman–Crippen MR) is 70.3 cm³/mol. The van der Waals surface area contributed by atoms with Gasteiger partial charge in [0.25, 0.3) is 0 Å². The van der Waals surface area contributed by atoms with E-state index >= 15 is 0 Å². The highest BCUT2D eigenvalue weighted by Crippen LogP contribution is 2.19. The van der Waals surface area contributed by atoms with Crippen molar-refractivity contribution in [1.29, 1.82) is 0 Å². The third kappa shape index (κ3) is 5.33. The largest absolute Gasteiger partial charge is 0.478 e. The fourth-order valence-electron chi connectivity index (χ4n) is 1.71. The zero-order valence-electron chi connectivity index (χ0n) is 11.3. The molecule has 21 heavy (non-hydrogen) atoms. The average molecular weight is 304 g/mol. The summed E-state index contributed by atoms with van der Waals surface area (Å²) in [4.78, 5) is 23.5. The molecule has 0 aliphatic carbocycles. The second kappa shape index (κ2) is 6.96. The molecule has 116 valence electrons. The number of urea groups is 1. The van der Waals surface area contributed by atoms with Gasteiger partial charge in [-0.25, -0.2) is 9.59 Å². The Morgan fingerprint density at radius 3 is 2.43 bits per heavy atom. The van der Waals surface area contributed by atoms with E-state index in [0.717, 1.165) is 0 Å². The van der Waals surface area contributed by atoms with Gasteiger partial charge in [-0.05, 0) is 18.6 Å². The number of hydrogen-bond donors (Lipinski definition) is 2. The zero-order valence-corrected chi connectivity index (χ0v) is 11.3. The molecule has 0 aliphatic rings. The van der Waals surface area contributed by atoms with Crippen LogP contribution < -0.4 is 5.32 Å². The maximum absolute atomic E-state index is 12.4. The minimum Gasteiger partial charge on any atom is -0.478 e. The maximum atomic E-state index is 12.4. The summed E-state index contributed by atoms with van der Waals surface area (Å²) in [7, 11) is 0. The number of alkyl halides is 3. The molecule has 1 aromatic carbocycles. The van der Waals surface area contributed by atoms with E-state index in [4.69, 9.17) is 5.11 Å². The Labute approximate surface area is 119 Å². The van der Waals surface area contributed by atoms with E-state index in [1.54, 1.807) is 6.92 Å². The van der Waals surface area contributed by atoms with Gasteiger partial charge in [0.15, 0.2) is 0 Å². The van der Waals surface area contributed by atoms with E-state index in [2.05, 4.69) is 5.32 Å². The third-order valence-electron chi connectivity index (χ3n) is 2.55. The number of anilines is 1. The van der Waals surface area contributed by atoms with Crippen LogP contribution in [-0.2, 0) is 0 Å². The first kappa shape index (κ1) is 16.8. The lowest BCUT2D eigenvalue weighted by Gasteiger charge is -2.24. The minimum absolute atomic E-state index is 0.0433. The Morgan fingerprint density at radius 2 is 1.90 bits per heavy atom. The Kier molecular flexibility index (Phi) is 5.57. The van der Waals surface area contributed by atoms with Crippen LogP contribution in [0.2, 0.25) is 0 Å². The van der Waals surface area contributed by atoms with Crippen molar-refractivity contribution in [2.24, 2.45) is 0 Å². The highest BCUT2D eigenvalue weighted by molar-refractivity contribution is 5.99. The molecular weight excluding hydrogens is 289 g/mol. The fourth-order valence-corrected chi connectivity index (χ4v) is 1.71. The molecule has 0 saturated carbocycles. The van der Waals surface area contributed by atoms with Gasteiger partial charge in [0.2, 0.25) is 0 Å². The average Bonchev–Trinajstić information content (AvgIpc) is 2.37. The van der Waals surface area contributed by atoms with Crippen molar-refractivity contribution in [3.8, 4) is 0 Å². The van der Waals surface area contributed by atoms with Crippen molar-refractivity contribution in [2.45, 2.75) is 19.5 Å². The number of carboxylic acid groups (broad SMARTS) is 1. The molecule has 1 rings (SSSR count). The van der Waals surface area contributed by atoms with Crippen molar-refractivity contribution in [1.82, 2.24) is 4.90 Å². The number of para-hydroxylation sites is 1.